The van der Waals surface area contributed by atoms with Crippen LogP contribution in [0.15, 0.2) is 0 Å². The number of hydrogen-bond acceptors (Lipinski definition) is 0. The summed E-state index contributed by atoms with van der Waals surface area (Å²) in [6.45, 7) is 11.8. The van der Waals surface area contributed by atoms with E-state index in [1.54, 1.807) is 0 Å². The third kappa shape index (κ3) is 4.79. The summed E-state index contributed by atoms with van der Waals surface area (Å²) in [4.78, 5) is 0. The average molecular weight is 267 g/mol. The van der Waals surface area contributed by atoms with Crippen molar-refractivity contribution in [2.24, 2.45) is 29.6 Å². The van der Waals surface area contributed by atoms with Gasteiger partial charge in [0.1, 0.15) is 0 Å². The Labute approximate surface area is 114 Å². The number of halogens is 1. The van der Waals surface area contributed by atoms with E-state index >= 15 is 0 Å². The summed E-state index contributed by atoms with van der Waals surface area (Å²) in [5.74, 6) is 4.47. The predicted molar refractivity (Wildman–Crippen MR) is 68.8 cm³/mol. The third-order valence-electron chi connectivity index (χ3n) is 4.09. The van der Waals surface area contributed by atoms with E-state index in [4.69, 9.17) is 0 Å². The molecule has 1 fully saturated rings. The number of hydrogen-bond donors (Lipinski definition) is 0. The monoisotopic (exact) mass is 266 g/mol. The molecular weight excluding hydrogens is 239 g/mol. The van der Waals surface area contributed by atoms with Gasteiger partial charge in [-0.05, 0) is 11.8 Å². The molecule has 1 aliphatic carbocycles. The van der Waals surface area contributed by atoms with E-state index in [1.807, 2.05) is 0 Å². The number of rotatable bonds is 1. The molecule has 0 aromatic heterocycles. The van der Waals surface area contributed by atoms with E-state index in [0.29, 0.717) is 0 Å². The Bertz CT molecular complexity index is 124. The summed E-state index contributed by atoms with van der Waals surface area (Å²) in [6.07, 6.45) is 2.40. The SMILES string of the molecule is C[CH-]C1C(C)C(C)C(C)[C@@H]1C.[CH3-].[CH3-].[Cl][Ti+3]. The second-order valence-electron chi connectivity index (χ2n) is 4.35. The van der Waals surface area contributed by atoms with Gasteiger partial charge in [0.25, 0.3) is 0 Å². The van der Waals surface area contributed by atoms with Crippen molar-refractivity contribution < 1.29 is 19.4 Å². The summed E-state index contributed by atoms with van der Waals surface area (Å²) in [6, 6.07) is 0. The molecule has 0 aromatic carbocycles. The minimum atomic E-state index is 0. The minimum absolute atomic E-state index is 0. The van der Waals surface area contributed by atoms with Crippen molar-refractivity contribution in [1.29, 1.82) is 0 Å². The molecule has 5 atom stereocenters. The molecule has 0 N–H and O–H groups in total. The van der Waals surface area contributed by atoms with Crippen LogP contribution in [0.25, 0.3) is 0 Å². The first-order valence-corrected chi connectivity index (χ1v) is 7.22. The molecule has 0 nitrogen and oxygen atoms in total. The molecule has 0 saturated heterocycles. The molecule has 0 bridgehead atoms. The molecule has 0 heterocycles. The van der Waals surface area contributed by atoms with Crippen LogP contribution in [0, 0.1) is 50.9 Å². The van der Waals surface area contributed by atoms with Gasteiger partial charge >= 0.3 is 28.7 Å². The predicted octanol–water partition coefficient (Wildman–Crippen LogP) is 4.97. The molecule has 1 rings (SSSR count). The maximum atomic E-state index is 4.64. The van der Waals surface area contributed by atoms with Crippen LogP contribution in [0.2, 0.25) is 0 Å². The van der Waals surface area contributed by atoms with E-state index in [1.165, 1.54) is 19.4 Å². The maximum absolute atomic E-state index is 4.64. The zero-order valence-corrected chi connectivity index (χ0v) is 13.7. The fourth-order valence-electron chi connectivity index (χ4n) is 2.74. The molecule has 4 unspecified atom stereocenters. The second-order valence-corrected chi connectivity index (χ2v) is 4.35. The van der Waals surface area contributed by atoms with Crippen LogP contribution in [-0.4, -0.2) is 0 Å². The van der Waals surface area contributed by atoms with Crippen molar-refractivity contribution in [2.45, 2.75) is 34.6 Å². The van der Waals surface area contributed by atoms with E-state index in [9.17, 15) is 0 Å². The van der Waals surface area contributed by atoms with Crippen molar-refractivity contribution in [3.05, 3.63) is 21.3 Å². The van der Waals surface area contributed by atoms with Crippen molar-refractivity contribution in [1.82, 2.24) is 0 Å². The van der Waals surface area contributed by atoms with Crippen molar-refractivity contribution in [3.8, 4) is 0 Å². The average Bonchev–Trinajstić information content (AvgIpc) is 2.35. The molecule has 2 heteroatoms. The van der Waals surface area contributed by atoms with Gasteiger partial charge in [0, 0.05) is 0 Å². The zero-order valence-electron chi connectivity index (χ0n) is 11.3. The molecule has 1 aliphatic rings. The Morgan fingerprint density at radius 2 is 1.07 bits per heavy atom. The zero-order chi connectivity index (χ0) is 10.6. The van der Waals surface area contributed by atoms with Crippen molar-refractivity contribution in [3.63, 3.8) is 0 Å². The fraction of sp³-hybridized carbons (Fsp3) is 0.769. The molecule has 90 valence electrons. The molecule has 1 saturated carbocycles. The van der Waals surface area contributed by atoms with Crippen LogP contribution in [-0.2, 0) is 19.4 Å². The molecule has 0 aliphatic heterocycles. The molecule has 0 aromatic rings. The van der Waals surface area contributed by atoms with Crippen LogP contribution < -0.4 is 0 Å². The van der Waals surface area contributed by atoms with Gasteiger partial charge in [0.05, 0.1) is 0 Å². The van der Waals surface area contributed by atoms with Gasteiger partial charge in [-0.25, -0.2) is 0 Å². The van der Waals surface area contributed by atoms with Crippen molar-refractivity contribution in [2.75, 3.05) is 0 Å². The van der Waals surface area contributed by atoms with Gasteiger partial charge in [0.2, 0.25) is 0 Å². The molecular formula is C13H27ClTi. The molecule has 0 amide bonds. The van der Waals surface area contributed by atoms with E-state index in [2.05, 4.69) is 50.3 Å². The normalized spacial score (nSPS) is 38.3. The Morgan fingerprint density at radius 3 is 1.20 bits per heavy atom. The van der Waals surface area contributed by atoms with Crippen LogP contribution in [0.4, 0.5) is 0 Å². The van der Waals surface area contributed by atoms with Crippen LogP contribution in [0.1, 0.15) is 34.6 Å². The van der Waals surface area contributed by atoms with Gasteiger partial charge in [-0.15, -0.1) is 0 Å². The Balaban J connectivity index is -0.000000339. The van der Waals surface area contributed by atoms with E-state index < -0.39 is 0 Å². The quantitative estimate of drug-likeness (QED) is 0.464. The first-order valence-electron chi connectivity index (χ1n) is 5.08. The summed E-state index contributed by atoms with van der Waals surface area (Å²) in [5.41, 5.74) is 0. The summed E-state index contributed by atoms with van der Waals surface area (Å²) >= 11 is 1.47. The van der Waals surface area contributed by atoms with Gasteiger partial charge in [-0.3, -0.25) is 0 Å². The Morgan fingerprint density at radius 1 is 0.800 bits per heavy atom. The van der Waals surface area contributed by atoms with Gasteiger partial charge in [0.15, 0.2) is 0 Å². The van der Waals surface area contributed by atoms with Crippen LogP contribution >= 0.6 is 9.30 Å². The van der Waals surface area contributed by atoms with Crippen LogP contribution in [0.5, 0.6) is 0 Å². The molecule has 15 heavy (non-hydrogen) atoms. The summed E-state index contributed by atoms with van der Waals surface area (Å²) in [7, 11) is 4.64. The van der Waals surface area contributed by atoms with E-state index in [0.717, 1.165) is 29.6 Å². The standard InChI is InChI=1S/C11H21.2CH3.ClH.Ti/c1-6-11-9(4)7(2)8(3)10(11)5;;;;/h6-11H,1-5H3;2*1H3;1H;/q3*-1;;+4/p-1/t7?,8?,9-,10?,11?;;;;/m0..../s1. The van der Waals surface area contributed by atoms with Gasteiger partial charge in [-0.1, -0.05) is 39.5 Å². The first-order chi connectivity index (χ1) is 6.09. The van der Waals surface area contributed by atoms with Crippen LogP contribution in [0.3, 0.4) is 0 Å². The Hall–Kier alpha value is 1.00. The Kier molecular flexibility index (Phi) is 14.5. The van der Waals surface area contributed by atoms with Gasteiger partial charge in [-0.2, -0.15) is 12.8 Å². The van der Waals surface area contributed by atoms with Crippen molar-refractivity contribution >= 4 is 9.30 Å². The van der Waals surface area contributed by atoms with E-state index in [-0.39, 0.29) is 14.9 Å². The molecule has 0 spiro atoms. The fourth-order valence-corrected chi connectivity index (χ4v) is 2.74. The van der Waals surface area contributed by atoms with Gasteiger partial charge < -0.3 is 21.3 Å². The topological polar surface area (TPSA) is 0 Å². The first kappa shape index (κ1) is 21.3. The third-order valence-corrected chi connectivity index (χ3v) is 4.09. The summed E-state index contributed by atoms with van der Waals surface area (Å²) in [5, 5.41) is 0. The summed E-state index contributed by atoms with van der Waals surface area (Å²) < 4.78 is 0. The molecule has 0 radical (unpaired) electrons. The second kappa shape index (κ2) is 10.2.